The maximum absolute atomic E-state index is 11.7. The van der Waals surface area contributed by atoms with Gasteiger partial charge in [-0.1, -0.05) is 29.8 Å². The minimum Gasteiger partial charge on any atom is -0.479 e. The molecule has 0 saturated carbocycles. The molecular weight excluding hydrogens is 228 g/mol. The minimum absolute atomic E-state index is 0.712. The third kappa shape index (κ3) is 1.90. The topological polar surface area (TPSA) is 55.1 Å². The second-order valence-corrected chi connectivity index (χ2v) is 4.71. The van der Waals surface area contributed by atoms with E-state index in [9.17, 15) is 9.90 Å². The van der Waals surface area contributed by atoms with Crippen molar-refractivity contribution in [1.29, 1.82) is 0 Å². The molecule has 1 atom stereocenters. The van der Waals surface area contributed by atoms with Gasteiger partial charge in [0.2, 0.25) is 0 Å². The van der Waals surface area contributed by atoms with Crippen LogP contribution in [0, 0.1) is 13.8 Å². The highest BCUT2D eigenvalue weighted by molar-refractivity contribution is 5.80. The maximum Gasteiger partial charge on any atom is 0.336 e. The summed E-state index contributed by atoms with van der Waals surface area (Å²) in [4.78, 5) is 11.7. The number of rotatable bonds is 3. The molecule has 4 heteroatoms. The third-order valence-electron chi connectivity index (χ3n) is 3.20. The van der Waals surface area contributed by atoms with Gasteiger partial charge in [0.25, 0.3) is 0 Å². The Balaban J connectivity index is 2.57. The second-order valence-electron chi connectivity index (χ2n) is 4.71. The average Bonchev–Trinajstić information content (AvgIpc) is 2.76. The Morgan fingerprint density at radius 3 is 2.28 bits per heavy atom. The van der Waals surface area contributed by atoms with Crippen LogP contribution >= 0.6 is 0 Å². The maximum atomic E-state index is 11.7. The largest absolute Gasteiger partial charge is 0.479 e. The van der Waals surface area contributed by atoms with Gasteiger partial charge in [-0.2, -0.15) is 5.10 Å². The summed E-state index contributed by atoms with van der Waals surface area (Å²) in [6, 6.07) is 7.49. The molecule has 1 N–H and O–H groups in total. The number of hydrogen-bond acceptors (Lipinski definition) is 2. The van der Waals surface area contributed by atoms with Crippen molar-refractivity contribution >= 4 is 5.97 Å². The van der Waals surface area contributed by atoms with Crippen LogP contribution in [-0.4, -0.2) is 20.9 Å². The normalized spacial score (nSPS) is 14.2. The quantitative estimate of drug-likeness (QED) is 0.901. The van der Waals surface area contributed by atoms with Crippen LogP contribution in [0.4, 0.5) is 0 Å². The number of aliphatic carboxylic acids is 1. The molecule has 0 bridgehead atoms. The van der Waals surface area contributed by atoms with Crippen LogP contribution in [0.2, 0.25) is 0 Å². The van der Waals surface area contributed by atoms with Gasteiger partial charge in [0, 0.05) is 6.20 Å². The lowest BCUT2D eigenvalue weighted by Crippen LogP contribution is -2.40. The van der Waals surface area contributed by atoms with Crippen molar-refractivity contribution in [3.8, 4) is 0 Å². The van der Waals surface area contributed by atoms with Crippen LogP contribution in [0.3, 0.4) is 0 Å². The first kappa shape index (κ1) is 12.4. The fraction of sp³-hybridized carbons (Fsp3) is 0.286. The van der Waals surface area contributed by atoms with Crippen molar-refractivity contribution in [2.45, 2.75) is 26.3 Å². The Hall–Kier alpha value is -2.10. The molecule has 2 aromatic rings. The van der Waals surface area contributed by atoms with Gasteiger partial charge in [-0.25, -0.2) is 4.79 Å². The van der Waals surface area contributed by atoms with Gasteiger partial charge < -0.3 is 5.11 Å². The molecule has 0 aliphatic rings. The first-order valence-electron chi connectivity index (χ1n) is 5.77. The van der Waals surface area contributed by atoms with Gasteiger partial charge in [-0.3, -0.25) is 4.68 Å². The van der Waals surface area contributed by atoms with Gasteiger partial charge in [-0.05, 0) is 31.9 Å². The molecule has 2 rings (SSSR count). The van der Waals surface area contributed by atoms with E-state index in [0.717, 1.165) is 11.1 Å². The average molecular weight is 244 g/mol. The molecule has 94 valence electrons. The van der Waals surface area contributed by atoms with E-state index in [0.29, 0.717) is 5.56 Å². The summed E-state index contributed by atoms with van der Waals surface area (Å²) in [6.07, 6.45) is 3.41. The molecule has 18 heavy (non-hydrogen) atoms. The van der Waals surface area contributed by atoms with E-state index in [2.05, 4.69) is 5.10 Å². The number of carboxylic acids is 1. The third-order valence-corrected chi connectivity index (χ3v) is 3.20. The van der Waals surface area contributed by atoms with Gasteiger partial charge in [0.1, 0.15) is 0 Å². The van der Waals surface area contributed by atoms with Crippen LogP contribution in [0.25, 0.3) is 0 Å². The Morgan fingerprint density at radius 1 is 1.22 bits per heavy atom. The first-order chi connectivity index (χ1) is 8.44. The summed E-state index contributed by atoms with van der Waals surface area (Å²) in [5, 5.41) is 13.7. The molecule has 1 heterocycles. The number of hydrogen-bond donors (Lipinski definition) is 1. The van der Waals surface area contributed by atoms with E-state index < -0.39 is 11.5 Å². The zero-order valence-electron chi connectivity index (χ0n) is 10.7. The van der Waals surface area contributed by atoms with E-state index >= 15 is 0 Å². The molecule has 0 aliphatic heterocycles. The SMILES string of the molecule is Cc1ccc(C(C)(C(=O)O)n2cc(C)cn2)cc1. The zero-order valence-corrected chi connectivity index (χ0v) is 10.7. The summed E-state index contributed by atoms with van der Waals surface area (Å²) in [5.74, 6) is -0.922. The molecule has 0 saturated heterocycles. The van der Waals surface area contributed by atoms with Crippen molar-refractivity contribution in [2.75, 3.05) is 0 Å². The predicted molar refractivity (Wildman–Crippen MR) is 68.5 cm³/mol. The highest BCUT2D eigenvalue weighted by Gasteiger charge is 2.38. The van der Waals surface area contributed by atoms with E-state index in [1.54, 1.807) is 19.3 Å². The summed E-state index contributed by atoms with van der Waals surface area (Å²) < 4.78 is 1.50. The molecule has 0 fully saturated rings. The second kappa shape index (κ2) is 4.29. The number of carbonyl (C=O) groups is 1. The van der Waals surface area contributed by atoms with Crippen LogP contribution in [-0.2, 0) is 10.3 Å². The lowest BCUT2D eigenvalue weighted by molar-refractivity contribution is -0.144. The number of benzene rings is 1. The monoisotopic (exact) mass is 244 g/mol. The highest BCUT2D eigenvalue weighted by atomic mass is 16.4. The first-order valence-corrected chi connectivity index (χ1v) is 5.77. The van der Waals surface area contributed by atoms with Crippen molar-refractivity contribution in [2.24, 2.45) is 0 Å². The zero-order chi connectivity index (χ0) is 13.3. The predicted octanol–water partition coefficient (Wildman–Crippen LogP) is 2.35. The Kier molecular flexibility index (Phi) is 2.95. The molecule has 0 amide bonds. The molecule has 1 unspecified atom stereocenters. The van der Waals surface area contributed by atoms with E-state index in [4.69, 9.17) is 0 Å². The number of carboxylic acid groups (broad SMARTS) is 1. The molecule has 4 nitrogen and oxygen atoms in total. The van der Waals surface area contributed by atoms with Crippen LogP contribution in [0.5, 0.6) is 0 Å². The smallest absolute Gasteiger partial charge is 0.336 e. The number of aryl methyl sites for hydroxylation is 2. The van der Waals surface area contributed by atoms with Crippen molar-refractivity contribution < 1.29 is 9.90 Å². The highest BCUT2D eigenvalue weighted by Crippen LogP contribution is 2.26. The van der Waals surface area contributed by atoms with Gasteiger partial charge in [-0.15, -0.1) is 0 Å². The molecule has 0 aliphatic carbocycles. The van der Waals surface area contributed by atoms with Gasteiger partial charge in [0.05, 0.1) is 6.20 Å². The van der Waals surface area contributed by atoms with E-state index in [-0.39, 0.29) is 0 Å². The Labute approximate surface area is 106 Å². The Morgan fingerprint density at radius 2 is 1.83 bits per heavy atom. The lowest BCUT2D eigenvalue weighted by atomic mass is 9.91. The summed E-state index contributed by atoms with van der Waals surface area (Å²) in [7, 11) is 0. The van der Waals surface area contributed by atoms with E-state index in [1.165, 1.54) is 4.68 Å². The molecule has 0 radical (unpaired) electrons. The van der Waals surface area contributed by atoms with Crippen LogP contribution in [0.15, 0.2) is 36.7 Å². The molecular formula is C14H16N2O2. The molecule has 0 spiro atoms. The molecule has 1 aromatic heterocycles. The van der Waals surface area contributed by atoms with Crippen molar-refractivity contribution in [3.05, 3.63) is 53.3 Å². The fourth-order valence-electron chi connectivity index (χ4n) is 1.89. The Bertz CT molecular complexity index is 572. The lowest BCUT2D eigenvalue weighted by Gasteiger charge is -2.26. The van der Waals surface area contributed by atoms with Crippen LogP contribution in [0.1, 0.15) is 23.6 Å². The van der Waals surface area contributed by atoms with Crippen LogP contribution < -0.4 is 0 Å². The van der Waals surface area contributed by atoms with Gasteiger partial charge in [0.15, 0.2) is 5.54 Å². The van der Waals surface area contributed by atoms with Crippen molar-refractivity contribution in [3.63, 3.8) is 0 Å². The summed E-state index contributed by atoms with van der Waals surface area (Å²) in [5.41, 5.74) is 1.57. The summed E-state index contributed by atoms with van der Waals surface area (Å²) >= 11 is 0. The van der Waals surface area contributed by atoms with Gasteiger partial charge >= 0.3 is 5.97 Å². The number of aromatic nitrogens is 2. The number of nitrogens with zero attached hydrogens (tertiary/aromatic N) is 2. The van der Waals surface area contributed by atoms with Crippen molar-refractivity contribution in [1.82, 2.24) is 9.78 Å². The van der Waals surface area contributed by atoms with E-state index in [1.807, 2.05) is 38.1 Å². The standard InChI is InChI=1S/C14H16N2O2/c1-10-4-6-12(7-5-10)14(3,13(17)18)16-9-11(2)8-15-16/h4-9H,1-3H3,(H,17,18). The molecule has 1 aromatic carbocycles. The summed E-state index contributed by atoms with van der Waals surface area (Å²) in [6.45, 7) is 5.52. The minimum atomic E-state index is -1.18. The fourth-order valence-corrected chi connectivity index (χ4v) is 1.89.